The lowest BCUT2D eigenvalue weighted by Crippen LogP contribution is -2.54. The van der Waals surface area contributed by atoms with E-state index in [4.69, 9.17) is 15.6 Å². The van der Waals surface area contributed by atoms with Crippen LogP contribution < -0.4 is 15.8 Å². The monoisotopic (exact) mass is 804 g/mol. The normalized spacial score (nSPS) is 17.2. The molecule has 5 heterocycles. The van der Waals surface area contributed by atoms with Crippen molar-refractivity contribution in [3.05, 3.63) is 90.0 Å². The maximum Gasteiger partial charge on any atom is 0.265 e. The Hall–Kier alpha value is -6.16. The highest BCUT2D eigenvalue weighted by Gasteiger charge is 2.46. The number of halogens is 1. The van der Waals surface area contributed by atoms with Gasteiger partial charge in [0.05, 0.1) is 22.6 Å². The molecule has 1 unspecified atom stereocenters. The fourth-order valence-corrected chi connectivity index (χ4v) is 8.77. The highest BCUT2D eigenvalue weighted by Crippen LogP contribution is 2.36. The van der Waals surface area contributed by atoms with Crippen LogP contribution in [0, 0.1) is 5.82 Å². The molecule has 3 N–H and O–H groups in total. The smallest absolute Gasteiger partial charge is 0.265 e. The summed E-state index contributed by atoms with van der Waals surface area (Å²) in [4.78, 5) is 75.1. The third-order valence-corrected chi connectivity index (χ3v) is 11.9. The quantitative estimate of drug-likeness (QED) is 0.0773. The number of carbonyl (C=O) groups is 5. The molecular weight excluding hydrogens is 764 g/mol. The number of amides is 5. The van der Waals surface area contributed by atoms with E-state index >= 15 is 4.39 Å². The standard InChI is InChI=1S/C42H41FN8O6S/c43-31-23-29(22-30-35(31)42(56)50(41(30)55)32-15-16-33(52)47-40(32)54)58-21-7-2-1-6-10-34(53)49-19-17-26(18-20-49)51-39-36(38(44)45-24-46-39)37(48-51)25-11-13-28(14-12-25)57-27-8-4-3-5-9-27/h3-5,8-9,11-14,22-24,26,32H,1-2,6-7,10,15-21H2,(H2,44,45,46)(H,47,52,54). The Morgan fingerprint density at radius 1 is 0.897 bits per heavy atom. The van der Waals surface area contributed by atoms with Crippen LogP contribution in [0.15, 0.2) is 78.0 Å². The number of para-hydroxylation sites is 1. The number of piperidine rings is 2. The van der Waals surface area contributed by atoms with Crippen molar-refractivity contribution in [2.75, 3.05) is 24.6 Å². The average Bonchev–Trinajstić information content (AvgIpc) is 3.73. The minimum Gasteiger partial charge on any atom is -0.457 e. The summed E-state index contributed by atoms with van der Waals surface area (Å²) in [7, 11) is 0. The average molecular weight is 805 g/mol. The second-order valence-corrected chi connectivity index (χ2v) is 15.8. The Balaban J connectivity index is 0.790. The summed E-state index contributed by atoms with van der Waals surface area (Å²) in [5, 5.41) is 7.83. The molecule has 2 saturated heterocycles. The summed E-state index contributed by atoms with van der Waals surface area (Å²) in [5.41, 5.74) is 8.18. The molecule has 1 atom stereocenters. The van der Waals surface area contributed by atoms with E-state index in [1.165, 1.54) is 30.2 Å². The molecule has 5 amide bonds. The van der Waals surface area contributed by atoms with Gasteiger partial charge in [0.15, 0.2) is 5.65 Å². The molecule has 0 saturated carbocycles. The summed E-state index contributed by atoms with van der Waals surface area (Å²) in [6.45, 7) is 1.22. The Labute approximate surface area is 337 Å². The van der Waals surface area contributed by atoms with E-state index in [1.807, 2.05) is 64.2 Å². The zero-order chi connectivity index (χ0) is 40.3. The largest absolute Gasteiger partial charge is 0.457 e. The van der Waals surface area contributed by atoms with E-state index in [-0.39, 0.29) is 35.9 Å². The van der Waals surface area contributed by atoms with Crippen molar-refractivity contribution in [1.29, 1.82) is 0 Å². The number of anilines is 1. The van der Waals surface area contributed by atoms with E-state index < -0.39 is 35.5 Å². The van der Waals surface area contributed by atoms with Crippen LogP contribution in [-0.2, 0) is 14.4 Å². The Bertz CT molecular complexity index is 2400. The van der Waals surface area contributed by atoms with Gasteiger partial charge in [-0.2, -0.15) is 5.10 Å². The van der Waals surface area contributed by atoms with Gasteiger partial charge >= 0.3 is 0 Å². The second-order valence-electron chi connectivity index (χ2n) is 14.6. The molecule has 298 valence electrons. The van der Waals surface area contributed by atoms with E-state index in [2.05, 4.69) is 15.3 Å². The van der Waals surface area contributed by atoms with Gasteiger partial charge in [-0.05, 0) is 86.4 Å². The maximum absolute atomic E-state index is 15.1. The first-order valence-electron chi connectivity index (χ1n) is 19.4. The number of benzene rings is 3. The van der Waals surface area contributed by atoms with Crippen LogP contribution in [-0.4, -0.2) is 84.0 Å². The lowest BCUT2D eigenvalue weighted by atomic mass is 10.0. The fraction of sp³-hybridized carbons (Fsp3) is 0.333. The van der Waals surface area contributed by atoms with Crippen molar-refractivity contribution in [1.82, 2.24) is 34.9 Å². The molecule has 0 spiro atoms. The van der Waals surface area contributed by atoms with E-state index in [1.54, 1.807) is 0 Å². The van der Waals surface area contributed by atoms with E-state index in [0.717, 1.165) is 54.7 Å². The number of nitrogens with one attached hydrogen (secondary N) is 1. The number of unbranched alkanes of at least 4 members (excludes halogenated alkanes) is 3. The van der Waals surface area contributed by atoms with Crippen LogP contribution >= 0.6 is 11.8 Å². The molecule has 3 aliphatic rings. The molecule has 0 bridgehead atoms. The fourth-order valence-electron chi connectivity index (χ4n) is 7.80. The molecule has 0 aliphatic carbocycles. The van der Waals surface area contributed by atoms with Gasteiger partial charge in [0.1, 0.15) is 41.2 Å². The minimum absolute atomic E-state index is 0.00451. The van der Waals surface area contributed by atoms with Gasteiger partial charge in [-0.15, -0.1) is 11.8 Å². The van der Waals surface area contributed by atoms with Crippen LogP contribution in [0.3, 0.4) is 0 Å². The third kappa shape index (κ3) is 7.88. The molecule has 2 aromatic heterocycles. The molecule has 3 aromatic carbocycles. The Kier molecular flexibility index (Phi) is 11.2. The van der Waals surface area contributed by atoms with Crippen LogP contribution in [0.1, 0.15) is 84.5 Å². The number of carbonyl (C=O) groups excluding carboxylic acids is 5. The molecule has 5 aromatic rings. The number of imide groups is 2. The van der Waals surface area contributed by atoms with Crippen molar-refractivity contribution < 1.29 is 33.1 Å². The molecule has 0 radical (unpaired) electrons. The highest BCUT2D eigenvalue weighted by molar-refractivity contribution is 7.99. The van der Waals surface area contributed by atoms with Gasteiger partial charge < -0.3 is 15.4 Å². The van der Waals surface area contributed by atoms with Crippen molar-refractivity contribution >= 4 is 58.1 Å². The van der Waals surface area contributed by atoms with Gasteiger partial charge in [-0.25, -0.2) is 19.0 Å². The number of thioether (sulfide) groups is 1. The Morgan fingerprint density at radius 2 is 1.64 bits per heavy atom. The highest BCUT2D eigenvalue weighted by atomic mass is 32.2. The third-order valence-electron chi connectivity index (χ3n) is 10.8. The van der Waals surface area contributed by atoms with E-state index in [9.17, 15) is 24.0 Å². The topological polar surface area (TPSA) is 183 Å². The van der Waals surface area contributed by atoms with Gasteiger partial charge in [-0.3, -0.25) is 34.2 Å². The summed E-state index contributed by atoms with van der Waals surface area (Å²) >= 11 is 1.38. The number of nitrogens with zero attached hydrogens (tertiary/aromatic N) is 6. The maximum atomic E-state index is 15.1. The SMILES string of the molecule is Nc1ncnc2c1c(-c1ccc(Oc3ccccc3)cc1)nn2C1CCN(C(=O)CCCCCCSc2cc(F)c3c(c2)C(=O)N(C2CCC(=O)NC2=O)C3=O)CC1. The summed E-state index contributed by atoms with van der Waals surface area (Å²) in [6, 6.07) is 18.9. The molecule has 2 fully saturated rings. The van der Waals surface area contributed by atoms with Gasteiger partial charge in [-0.1, -0.05) is 31.0 Å². The van der Waals surface area contributed by atoms with Crippen LogP contribution in [0.2, 0.25) is 0 Å². The predicted molar refractivity (Wildman–Crippen MR) is 213 cm³/mol. The van der Waals surface area contributed by atoms with E-state index in [0.29, 0.717) is 58.5 Å². The summed E-state index contributed by atoms with van der Waals surface area (Å²) in [5.74, 6) is -1.03. The molecule has 14 nitrogen and oxygen atoms in total. The van der Waals surface area contributed by atoms with Crippen molar-refractivity contribution in [2.24, 2.45) is 0 Å². The van der Waals surface area contributed by atoms with Crippen LogP contribution in [0.25, 0.3) is 22.3 Å². The first kappa shape index (κ1) is 38.7. The number of aromatic nitrogens is 4. The van der Waals surface area contributed by atoms with Gasteiger partial charge in [0.25, 0.3) is 11.8 Å². The van der Waals surface area contributed by atoms with Crippen molar-refractivity contribution in [2.45, 2.75) is 74.8 Å². The lowest BCUT2D eigenvalue weighted by molar-refractivity contribution is -0.136. The number of likely N-dealkylation sites (tertiary alicyclic amines) is 1. The zero-order valence-electron chi connectivity index (χ0n) is 31.6. The molecular formula is C42H41FN8O6S. The minimum atomic E-state index is -1.15. The zero-order valence-corrected chi connectivity index (χ0v) is 32.4. The Morgan fingerprint density at radius 3 is 2.40 bits per heavy atom. The summed E-state index contributed by atoms with van der Waals surface area (Å²) < 4.78 is 23.0. The predicted octanol–water partition coefficient (Wildman–Crippen LogP) is 6.31. The lowest BCUT2D eigenvalue weighted by Gasteiger charge is -2.32. The second kappa shape index (κ2) is 16.7. The molecule has 58 heavy (non-hydrogen) atoms. The number of fused-ring (bicyclic) bond motifs is 2. The first-order chi connectivity index (χ1) is 28.2. The number of hydrogen-bond acceptors (Lipinski definition) is 11. The van der Waals surface area contributed by atoms with Crippen LogP contribution in [0.5, 0.6) is 11.5 Å². The van der Waals surface area contributed by atoms with Gasteiger partial charge in [0.2, 0.25) is 17.7 Å². The number of rotatable bonds is 13. The number of hydrogen-bond donors (Lipinski definition) is 2. The first-order valence-corrected chi connectivity index (χ1v) is 20.4. The van der Waals surface area contributed by atoms with Crippen LogP contribution in [0.4, 0.5) is 10.2 Å². The number of ether oxygens (including phenoxy) is 1. The summed E-state index contributed by atoms with van der Waals surface area (Å²) in [6.07, 6.45) is 6.66. The van der Waals surface area contributed by atoms with Crippen molar-refractivity contribution in [3.63, 3.8) is 0 Å². The number of nitrogens with two attached hydrogens (primary N) is 1. The van der Waals surface area contributed by atoms with Gasteiger partial charge in [0, 0.05) is 36.4 Å². The molecule has 16 heteroatoms. The number of nitrogen functional groups attached to an aromatic ring is 1. The van der Waals surface area contributed by atoms with Crippen molar-refractivity contribution in [3.8, 4) is 22.8 Å². The molecule has 3 aliphatic heterocycles. The molecule has 8 rings (SSSR count).